The number of nitrogens with zero attached hydrogens (tertiary/aromatic N) is 3. The lowest BCUT2D eigenvalue weighted by Gasteiger charge is -2.22. The van der Waals surface area contributed by atoms with Gasteiger partial charge in [-0.1, -0.05) is 0 Å². The number of rotatable bonds is 0. The minimum Gasteiger partial charge on any atom is -0.354 e. The maximum atomic E-state index is 4.44. The lowest BCUT2D eigenvalue weighted by Crippen LogP contribution is -2.40. The standard InChI is InChI=1S/C9H18N4/c1-12-5-2-6-13(8-7-12)9-10-3-4-11-9/h2-8H2,1H3,(H,10,11). The molecule has 2 heterocycles. The van der Waals surface area contributed by atoms with E-state index in [0.29, 0.717) is 0 Å². The van der Waals surface area contributed by atoms with Crippen LogP contribution in [0.1, 0.15) is 6.42 Å². The summed E-state index contributed by atoms with van der Waals surface area (Å²) in [6, 6.07) is 0. The first-order valence-corrected chi connectivity index (χ1v) is 5.08. The Hall–Kier alpha value is -0.770. The van der Waals surface area contributed by atoms with Crippen molar-refractivity contribution in [3.05, 3.63) is 0 Å². The van der Waals surface area contributed by atoms with Gasteiger partial charge >= 0.3 is 0 Å². The third kappa shape index (κ3) is 2.12. The molecule has 0 spiro atoms. The van der Waals surface area contributed by atoms with Gasteiger partial charge in [-0.3, -0.25) is 4.99 Å². The van der Waals surface area contributed by atoms with Gasteiger partial charge in [-0.05, 0) is 20.0 Å². The quantitative estimate of drug-likeness (QED) is 0.552. The molecule has 0 bridgehead atoms. The Labute approximate surface area is 79.6 Å². The summed E-state index contributed by atoms with van der Waals surface area (Å²) >= 11 is 0. The van der Waals surface area contributed by atoms with E-state index < -0.39 is 0 Å². The number of nitrogens with one attached hydrogen (secondary N) is 1. The van der Waals surface area contributed by atoms with E-state index in [1.54, 1.807) is 0 Å². The summed E-state index contributed by atoms with van der Waals surface area (Å²) in [4.78, 5) is 9.19. The Bertz CT molecular complexity index is 202. The summed E-state index contributed by atoms with van der Waals surface area (Å²) in [5.41, 5.74) is 0. The second-order valence-corrected chi connectivity index (χ2v) is 3.78. The maximum absolute atomic E-state index is 4.44. The zero-order valence-corrected chi connectivity index (χ0v) is 8.29. The molecule has 0 aliphatic carbocycles. The lowest BCUT2D eigenvalue weighted by atomic mass is 10.4. The Balaban J connectivity index is 1.91. The molecule has 0 amide bonds. The first-order chi connectivity index (χ1) is 6.36. The predicted octanol–water partition coefficient (Wildman–Crippen LogP) is -0.417. The van der Waals surface area contributed by atoms with Crippen LogP contribution >= 0.6 is 0 Å². The van der Waals surface area contributed by atoms with Gasteiger partial charge in [0, 0.05) is 26.2 Å². The lowest BCUT2D eigenvalue weighted by molar-refractivity contribution is 0.345. The number of likely N-dealkylation sites (N-methyl/N-ethyl adjacent to an activating group) is 1. The van der Waals surface area contributed by atoms with Gasteiger partial charge < -0.3 is 15.1 Å². The molecule has 0 atom stereocenters. The minimum atomic E-state index is 0.946. The Morgan fingerprint density at radius 1 is 1.23 bits per heavy atom. The molecule has 4 heteroatoms. The fraction of sp³-hybridized carbons (Fsp3) is 0.889. The zero-order valence-electron chi connectivity index (χ0n) is 8.29. The van der Waals surface area contributed by atoms with Crippen LogP contribution in [0.2, 0.25) is 0 Å². The van der Waals surface area contributed by atoms with Crippen molar-refractivity contribution >= 4 is 5.96 Å². The molecule has 1 fully saturated rings. The molecule has 0 aromatic carbocycles. The van der Waals surface area contributed by atoms with Crippen LogP contribution in [0.15, 0.2) is 4.99 Å². The normalized spacial score (nSPS) is 25.3. The number of aliphatic imine (C=N–C) groups is 1. The topological polar surface area (TPSA) is 30.9 Å². The molecule has 1 N–H and O–H groups in total. The fourth-order valence-electron chi connectivity index (χ4n) is 1.86. The SMILES string of the molecule is CN1CCCN(C2=NCCN2)CC1. The average Bonchev–Trinajstić information content (AvgIpc) is 2.56. The van der Waals surface area contributed by atoms with E-state index in [4.69, 9.17) is 0 Å². The summed E-state index contributed by atoms with van der Waals surface area (Å²) < 4.78 is 0. The Morgan fingerprint density at radius 3 is 2.92 bits per heavy atom. The highest BCUT2D eigenvalue weighted by molar-refractivity contribution is 5.81. The summed E-state index contributed by atoms with van der Waals surface area (Å²) in [6.45, 7) is 6.59. The highest BCUT2D eigenvalue weighted by Crippen LogP contribution is 2.02. The van der Waals surface area contributed by atoms with Gasteiger partial charge in [-0.25, -0.2) is 0 Å². The molecule has 2 rings (SSSR count). The average molecular weight is 182 g/mol. The summed E-state index contributed by atoms with van der Waals surface area (Å²) in [5, 5.41) is 3.33. The molecule has 4 nitrogen and oxygen atoms in total. The molecule has 0 saturated carbocycles. The second-order valence-electron chi connectivity index (χ2n) is 3.78. The third-order valence-corrected chi connectivity index (χ3v) is 2.68. The van der Waals surface area contributed by atoms with Crippen LogP contribution in [-0.4, -0.2) is 62.1 Å². The van der Waals surface area contributed by atoms with Gasteiger partial charge in [0.15, 0.2) is 5.96 Å². The second kappa shape index (κ2) is 3.96. The molecule has 0 aromatic rings. The van der Waals surface area contributed by atoms with E-state index in [2.05, 4.69) is 27.2 Å². The van der Waals surface area contributed by atoms with Crippen LogP contribution in [0.3, 0.4) is 0 Å². The van der Waals surface area contributed by atoms with E-state index in [-0.39, 0.29) is 0 Å². The van der Waals surface area contributed by atoms with Crippen molar-refractivity contribution in [3.63, 3.8) is 0 Å². The number of hydrogen-bond acceptors (Lipinski definition) is 4. The van der Waals surface area contributed by atoms with E-state index in [1.165, 1.54) is 13.0 Å². The van der Waals surface area contributed by atoms with Crippen LogP contribution in [0.4, 0.5) is 0 Å². The highest BCUT2D eigenvalue weighted by Gasteiger charge is 2.17. The van der Waals surface area contributed by atoms with E-state index >= 15 is 0 Å². The van der Waals surface area contributed by atoms with Crippen molar-refractivity contribution < 1.29 is 0 Å². The molecule has 74 valence electrons. The van der Waals surface area contributed by atoms with Crippen LogP contribution in [0.25, 0.3) is 0 Å². The molecule has 2 aliphatic heterocycles. The molecular weight excluding hydrogens is 164 g/mol. The zero-order chi connectivity index (χ0) is 9.10. The fourth-order valence-corrected chi connectivity index (χ4v) is 1.86. The molecule has 1 saturated heterocycles. The van der Waals surface area contributed by atoms with Gasteiger partial charge in [0.05, 0.1) is 6.54 Å². The Kier molecular flexibility index (Phi) is 2.68. The highest BCUT2D eigenvalue weighted by atomic mass is 15.3. The van der Waals surface area contributed by atoms with Crippen molar-refractivity contribution in [1.29, 1.82) is 0 Å². The van der Waals surface area contributed by atoms with Gasteiger partial charge in [-0.15, -0.1) is 0 Å². The van der Waals surface area contributed by atoms with Crippen molar-refractivity contribution in [2.24, 2.45) is 4.99 Å². The summed E-state index contributed by atoms with van der Waals surface area (Å²) in [5.74, 6) is 1.12. The minimum absolute atomic E-state index is 0.946. The molecule has 0 radical (unpaired) electrons. The van der Waals surface area contributed by atoms with Crippen molar-refractivity contribution in [2.45, 2.75) is 6.42 Å². The maximum Gasteiger partial charge on any atom is 0.194 e. The van der Waals surface area contributed by atoms with Crippen LogP contribution in [0.5, 0.6) is 0 Å². The van der Waals surface area contributed by atoms with Crippen molar-refractivity contribution in [2.75, 3.05) is 46.3 Å². The number of guanidine groups is 1. The van der Waals surface area contributed by atoms with E-state index in [1.807, 2.05) is 0 Å². The van der Waals surface area contributed by atoms with Crippen LogP contribution in [-0.2, 0) is 0 Å². The van der Waals surface area contributed by atoms with Crippen LogP contribution in [0, 0.1) is 0 Å². The molecular formula is C9H18N4. The smallest absolute Gasteiger partial charge is 0.194 e. The largest absolute Gasteiger partial charge is 0.354 e. The Morgan fingerprint density at radius 2 is 2.15 bits per heavy atom. The molecule has 13 heavy (non-hydrogen) atoms. The summed E-state index contributed by atoms with van der Waals surface area (Å²) in [7, 11) is 2.19. The first-order valence-electron chi connectivity index (χ1n) is 5.08. The summed E-state index contributed by atoms with van der Waals surface area (Å²) in [6.07, 6.45) is 1.25. The molecule has 0 aromatic heterocycles. The molecule has 2 aliphatic rings. The van der Waals surface area contributed by atoms with Crippen LogP contribution < -0.4 is 5.32 Å². The van der Waals surface area contributed by atoms with Gasteiger partial charge in [0.2, 0.25) is 0 Å². The van der Waals surface area contributed by atoms with E-state index in [9.17, 15) is 0 Å². The van der Waals surface area contributed by atoms with Gasteiger partial charge in [-0.2, -0.15) is 0 Å². The monoisotopic (exact) mass is 182 g/mol. The van der Waals surface area contributed by atoms with Gasteiger partial charge in [0.25, 0.3) is 0 Å². The predicted molar refractivity (Wildman–Crippen MR) is 54.0 cm³/mol. The van der Waals surface area contributed by atoms with Crippen molar-refractivity contribution in [1.82, 2.24) is 15.1 Å². The first kappa shape index (κ1) is 8.81. The third-order valence-electron chi connectivity index (χ3n) is 2.68. The van der Waals surface area contributed by atoms with Gasteiger partial charge in [0.1, 0.15) is 0 Å². The number of hydrogen-bond donors (Lipinski definition) is 1. The molecule has 0 unspecified atom stereocenters. The van der Waals surface area contributed by atoms with Crippen molar-refractivity contribution in [3.8, 4) is 0 Å². The van der Waals surface area contributed by atoms with E-state index in [0.717, 1.165) is 38.7 Å².